The Hall–Kier alpha value is -6.02. The van der Waals surface area contributed by atoms with Crippen molar-refractivity contribution in [2.75, 3.05) is 0 Å². The Kier molecular flexibility index (Phi) is 6.16. The first-order valence-corrected chi connectivity index (χ1v) is 20.3. The van der Waals surface area contributed by atoms with Gasteiger partial charge in [0.1, 0.15) is 0 Å². The zero-order chi connectivity index (χ0) is 36.8. The quantitative estimate of drug-likeness (QED) is 0.156. The number of hydrogen-bond acceptors (Lipinski definition) is 1. The van der Waals surface area contributed by atoms with E-state index in [1.54, 1.807) is 0 Å². The highest BCUT2D eigenvalue weighted by molar-refractivity contribution is 7.26. The topological polar surface area (TPSA) is 0 Å². The average Bonchev–Trinajstić information content (AvgIpc) is 3.79. The monoisotopic (exact) mass is 718 g/mol. The summed E-state index contributed by atoms with van der Waals surface area (Å²) in [7, 11) is 0. The van der Waals surface area contributed by atoms with Gasteiger partial charge in [-0.15, -0.1) is 11.3 Å². The number of benzene rings is 9. The average molecular weight is 719 g/mol. The van der Waals surface area contributed by atoms with Gasteiger partial charge in [-0.1, -0.05) is 173 Å². The molecule has 2 aliphatic rings. The first-order chi connectivity index (χ1) is 26.8. The predicted octanol–water partition coefficient (Wildman–Crippen LogP) is 15.5. The molecule has 1 heteroatoms. The van der Waals surface area contributed by atoms with E-state index in [9.17, 15) is 0 Å². The summed E-state index contributed by atoms with van der Waals surface area (Å²) >= 11 is 1.96. The zero-order valence-electron chi connectivity index (χ0n) is 31.4. The summed E-state index contributed by atoms with van der Waals surface area (Å²) in [6.07, 6.45) is 0. The fourth-order valence-corrected chi connectivity index (χ4v) is 12.0. The van der Waals surface area contributed by atoms with Crippen LogP contribution in [0.4, 0.5) is 0 Å². The van der Waals surface area contributed by atoms with Gasteiger partial charge in [0.2, 0.25) is 0 Å². The highest BCUT2D eigenvalue weighted by Crippen LogP contribution is 2.59. The molecule has 0 saturated heterocycles. The van der Waals surface area contributed by atoms with E-state index in [4.69, 9.17) is 0 Å². The third-order valence-corrected chi connectivity index (χ3v) is 14.4. The second kappa shape index (κ2) is 10.8. The molecule has 55 heavy (non-hydrogen) atoms. The Morgan fingerprint density at radius 2 is 0.945 bits per heavy atom. The summed E-state index contributed by atoms with van der Waals surface area (Å²) < 4.78 is 2.74. The highest BCUT2D eigenvalue weighted by Gasteiger charge is 2.40. The predicted molar refractivity (Wildman–Crippen MR) is 238 cm³/mol. The second-order valence-electron chi connectivity index (χ2n) is 16.8. The van der Waals surface area contributed by atoms with E-state index in [2.05, 4.69) is 185 Å². The van der Waals surface area contributed by atoms with Crippen molar-refractivity contribution in [3.63, 3.8) is 0 Å². The molecule has 12 rings (SSSR count). The van der Waals surface area contributed by atoms with Gasteiger partial charge in [0.25, 0.3) is 0 Å². The summed E-state index contributed by atoms with van der Waals surface area (Å²) in [6.45, 7) is 9.62. The van der Waals surface area contributed by atoms with Crippen molar-refractivity contribution in [3.05, 3.63) is 180 Å². The molecule has 260 valence electrons. The minimum Gasteiger partial charge on any atom is -0.134 e. The molecule has 0 bridgehead atoms. The molecule has 0 spiro atoms. The molecular formula is C54H38S. The lowest BCUT2D eigenvalue weighted by molar-refractivity contribution is 0.660. The van der Waals surface area contributed by atoms with Gasteiger partial charge in [-0.05, 0) is 111 Å². The van der Waals surface area contributed by atoms with Gasteiger partial charge < -0.3 is 0 Å². The Balaban J connectivity index is 1.22. The molecule has 2 aliphatic carbocycles. The lowest BCUT2D eigenvalue weighted by atomic mass is 9.78. The summed E-state index contributed by atoms with van der Waals surface area (Å²) in [5, 5.41) is 10.6. The third kappa shape index (κ3) is 4.01. The van der Waals surface area contributed by atoms with Crippen molar-refractivity contribution in [1.29, 1.82) is 0 Å². The lowest BCUT2D eigenvalue weighted by Crippen LogP contribution is -2.15. The van der Waals surface area contributed by atoms with Crippen LogP contribution < -0.4 is 0 Å². The van der Waals surface area contributed by atoms with Gasteiger partial charge in [-0.25, -0.2) is 0 Å². The van der Waals surface area contributed by atoms with Crippen molar-refractivity contribution >= 4 is 63.8 Å². The summed E-state index contributed by atoms with van der Waals surface area (Å²) in [5.41, 5.74) is 16.2. The zero-order valence-corrected chi connectivity index (χ0v) is 32.2. The second-order valence-corrected chi connectivity index (χ2v) is 17.8. The molecule has 0 aliphatic heterocycles. The van der Waals surface area contributed by atoms with Crippen LogP contribution in [0.3, 0.4) is 0 Å². The van der Waals surface area contributed by atoms with E-state index in [0.717, 1.165) is 0 Å². The van der Waals surface area contributed by atoms with Crippen LogP contribution in [0.5, 0.6) is 0 Å². The molecule has 0 saturated carbocycles. The van der Waals surface area contributed by atoms with E-state index < -0.39 is 0 Å². The van der Waals surface area contributed by atoms with Crippen LogP contribution in [-0.4, -0.2) is 0 Å². The minimum atomic E-state index is -0.167. The summed E-state index contributed by atoms with van der Waals surface area (Å²) in [5.74, 6) is 0. The first-order valence-electron chi connectivity index (χ1n) is 19.5. The van der Waals surface area contributed by atoms with Gasteiger partial charge in [0.15, 0.2) is 0 Å². The number of rotatable bonds is 2. The largest absolute Gasteiger partial charge is 0.134 e. The Labute approximate surface area is 325 Å². The number of thiophene rings is 1. The molecule has 1 heterocycles. The molecule has 0 atom stereocenters. The van der Waals surface area contributed by atoms with Crippen LogP contribution in [0.15, 0.2) is 158 Å². The molecule has 0 N–H and O–H groups in total. The lowest BCUT2D eigenvalue weighted by Gasteiger charge is -2.24. The van der Waals surface area contributed by atoms with Crippen LogP contribution in [-0.2, 0) is 10.8 Å². The van der Waals surface area contributed by atoms with E-state index in [1.165, 1.54) is 119 Å². The molecular weight excluding hydrogens is 681 g/mol. The fourth-order valence-electron chi connectivity index (χ4n) is 10.8. The van der Waals surface area contributed by atoms with Crippen molar-refractivity contribution in [1.82, 2.24) is 0 Å². The van der Waals surface area contributed by atoms with Gasteiger partial charge in [-0.3, -0.25) is 0 Å². The van der Waals surface area contributed by atoms with Crippen molar-refractivity contribution in [2.24, 2.45) is 0 Å². The van der Waals surface area contributed by atoms with Crippen molar-refractivity contribution < 1.29 is 0 Å². The maximum Gasteiger partial charge on any atom is 0.0433 e. The number of hydrogen-bond donors (Lipinski definition) is 0. The molecule has 0 fully saturated rings. The molecule has 0 nitrogen and oxygen atoms in total. The summed E-state index contributed by atoms with van der Waals surface area (Å²) in [6, 6.07) is 59.9. The van der Waals surface area contributed by atoms with E-state index in [-0.39, 0.29) is 10.8 Å². The molecule has 0 radical (unpaired) electrons. The molecule has 9 aromatic carbocycles. The van der Waals surface area contributed by atoms with E-state index >= 15 is 0 Å². The molecule has 10 aromatic rings. The minimum absolute atomic E-state index is 0.0274. The van der Waals surface area contributed by atoms with Gasteiger partial charge in [0, 0.05) is 31.0 Å². The third-order valence-electron chi connectivity index (χ3n) is 13.2. The molecule has 0 amide bonds. The Bertz CT molecular complexity index is 3260. The van der Waals surface area contributed by atoms with Crippen LogP contribution >= 0.6 is 11.3 Å². The molecule has 0 unspecified atom stereocenters. The van der Waals surface area contributed by atoms with E-state index in [0.29, 0.717) is 0 Å². The van der Waals surface area contributed by atoms with Crippen molar-refractivity contribution in [2.45, 2.75) is 38.5 Å². The van der Waals surface area contributed by atoms with Gasteiger partial charge in [-0.2, -0.15) is 0 Å². The smallest absolute Gasteiger partial charge is 0.0433 e. The fraction of sp³-hybridized carbons (Fsp3) is 0.111. The first kappa shape index (κ1) is 31.3. The van der Waals surface area contributed by atoms with E-state index in [1.807, 2.05) is 11.3 Å². The van der Waals surface area contributed by atoms with Crippen molar-refractivity contribution in [3.8, 4) is 44.5 Å². The van der Waals surface area contributed by atoms with Crippen LogP contribution in [0.2, 0.25) is 0 Å². The van der Waals surface area contributed by atoms with Gasteiger partial charge >= 0.3 is 0 Å². The summed E-state index contributed by atoms with van der Waals surface area (Å²) in [4.78, 5) is 0. The van der Waals surface area contributed by atoms with Crippen LogP contribution in [0.25, 0.3) is 97.0 Å². The standard InChI is InChI=1S/C54H38S/c1-53(2)43-23-13-11-17-34(43)41-29-32(26-28-45(41)53)47-35-18-7-9-20-37(35)48(38-21-10-8-19-36(38)47)42-30-46-50(40-27-25-31-15-5-6-16-33(31)52(40)55-46)51-49(42)39-22-12-14-24-44(39)54(51,3)4/h5-30H,1-4H3. The Morgan fingerprint density at radius 1 is 0.382 bits per heavy atom. The van der Waals surface area contributed by atoms with Crippen LogP contribution in [0, 0.1) is 0 Å². The van der Waals surface area contributed by atoms with Crippen LogP contribution in [0.1, 0.15) is 49.9 Å². The Morgan fingerprint density at radius 3 is 1.65 bits per heavy atom. The number of fused-ring (bicyclic) bond motifs is 14. The normalized spacial score (nSPS) is 14.8. The SMILES string of the molecule is CC1(C)c2ccccc2-c2cc(-c3c4ccccc4c(-c4cc5sc6c7ccccc7ccc6c5c5c4-c4ccccc4C5(C)C)c4ccccc34)ccc21. The molecule has 1 aromatic heterocycles. The highest BCUT2D eigenvalue weighted by atomic mass is 32.1. The van der Waals surface area contributed by atoms with Gasteiger partial charge in [0.05, 0.1) is 0 Å². The maximum absolute atomic E-state index is 2.55. The maximum atomic E-state index is 2.55.